The quantitative estimate of drug-likeness (QED) is 0.462. The van der Waals surface area contributed by atoms with E-state index in [-0.39, 0.29) is 12.3 Å². The normalized spacial score (nSPS) is 10.6. The van der Waals surface area contributed by atoms with Crippen LogP contribution >= 0.6 is 11.6 Å². The molecule has 7 heteroatoms. The Kier molecular flexibility index (Phi) is 5.77. The first-order chi connectivity index (χ1) is 14.6. The van der Waals surface area contributed by atoms with Gasteiger partial charge in [0.15, 0.2) is 0 Å². The molecule has 3 aromatic carbocycles. The molecular formula is C23H18ClN3O3. The molecule has 0 aliphatic heterocycles. The van der Waals surface area contributed by atoms with Crippen LogP contribution in [-0.2, 0) is 11.2 Å². The standard InChI is InChI=1S/C23H18ClN3O3/c1-29-20-12-6-16(7-13-20)22-26-23(30-27-22)17-4-10-19(11-5-17)25-21(28)14-15-2-8-18(24)9-3-15/h2-13H,14H2,1H3,(H,25,28). The maximum Gasteiger partial charge on any atom is 0.258 e. The summed E-state index contributed by atoms with van der Waals surface area (Å²) in [7, 11) is 1.62. The smallest absolute Gasteiger partial charge is 0.258 e. The molecule has 0 saturated carbocycles. The molecule has 4 aromatic rings. The van der Waals surface area contributed by atoms with Gasteiger partial charge in [0.25, 0.3) is 5.89 Å². The number of halogens is 1. The van der Waals surface area contributed by atoms with Crippen molar-refractivity contribution in [2.75, 3.05) is 12.4 Å². The molecule has 1 aromatic heterocycles. The van der Waals surface area contributed by atoms with Crippen molar-refractivity contribution in [1.82, 2.24) is 10.1 Å². The van der Waals surface area contributed by atoms with Gasteiger partial charge in [0.1, 0.15) is 5.75 Å². The van der Waals surface area contributed by atoms with Crippen LogP contribution in [0.1, 0.15) is 5.56 Å². The zero-order chi connectivity index (χ0) is 20.9. The highest BCUT2D eigenvalue weighted by atomic mass is 35.5. The van der Waals surface area contributed by atoms with Gasteiger partial charge in [-0.15, -0.1) is 0 Å². The summed E-state index contributed by atoms with van der Waals surface area (Å²) >= 11 is 5.87. The number of aromatic nitrogens is 2. The lowest BCUT2D eigenvalue weighted by Crippen LogP contribution is -2.14. The van der Waals surface area contributed by atoms with Gasteiger partial charge >= 0.3 is 0 Å². The Morgan fingerprint density at radius 1 is 0.967 bits per heavy atom. The third kappa shape index (κ3) is 4.67. The summed E-state index contributed by atoms with van der Waals surface area (Å²) in [5, 5.41) is 7.56. The van der Waals surface area contributed by atoms with E-state index in [4.69, 9.17) is 20.9 Å². The molecule has 0 atom stereocenters. The zero-order valence-corrected chi connectivity index (χ0v) is 16.9. The van der Waals surface area contributed by atoms with E-state index >= 15 is 0 Å². The first-order valence-corrected chi connectivity index (χ1v) is 9.61. The number of anilines is 1. The Hall–Kier alpha value is -3.64. The molecule has 0 fully saturated rings. The average Bonchev–Trinajstić information content (AvgIpc) is 3.26. The van der Waals surface area contributed by atoms with Crippen LogP contribution in [0, 0.1) is 0 Å². The lowest BCUT2D eigenvalue weighted by atomic mass is 10.1. The number of methoxy groups -OCH3 is 1. The molecule has 30 heavy (non-hydrogen) atoms. The third-order valence-corrected chi connectivity index (χ3v) is 4.72. The molecular weight excluding hydrogens is 402 g/mol. The van der Waals surface area contributed by atoms with Gasteiger partial charge < -0.3 is 14.6 Å². The second-order valence-electron chi connectivity index (χ2n) is 6.58. The molecule has 0 unspecified atom stereocenters. The lowest BCUT2D eigenvalue weighted by molar-refractivity contribution is -0.115. The summed E-state index contributed by atoms with van der Waals surface area (Å²) in [6.45, 7) is 0. The monoisotopic (exact) mass is 419 g/mol. The van der Waals surface area contributed by atoms with Gasteiger partial charge in [-0.1, -0.05) is 28.9 Å². The van der Waals surface area contributed by atoms with Gasteiger partial charge in [-0.3, -0.25) is 4.79 Å². The minimum atomic E-state index is -0.107. The van der Waals surface area contributed by atoms with Gasteiger partial charge in [-0.25, -0.2) is 0 Å². The fourth-order valence-electron chi connectivity index (χ4n) is 2.89. The number of amides is 1. The van der Waals surface area contributed by atoms with E-state index < -0.39 is 0 Å². The Bertz CT molecular complexity index is 1140. The highest BCUT2D eigenvalue weighted by Crippen LogP contribution is 2.25. The number of rotatable bonds is 6. The second-order valence-corrected chi connectivity index (χ2v) is 7.02. The Balaban J connectivity index is 1.41. The van der Waals surface area contributed by atoms with Crippen molar-refractivity contribution in [2.45, 2.75) is 6.42 Å². The summed E-state index contributed by atoms with van der Waals surface area (Å²) in [4.78, 5) is 16.7. The van der Waals surface area contributed by atoms with Crippen LogP contribution in [-0.4, -0.2) is 23.2 Å². The van der Waals surface area contributed by atoms with Gasteiger partial charge in [0.05, 0.1) is 13.5 Å². The first-order valence-electron chi connectivity index (χ1n) is 9.23. The van der Waals surface area contributed by atoms with Gasteiger partial charge in [-0.05, 0) is 66.2 Å². The van der Waals surface area contributed by atoms with Crippen LogP contribution in [0.4, 0.5) is 5.69 Å². The highest BCUT2D eigenvalue weighted by Gasteiger charge is 2.11. The van der Waals surface area contributed by atoms with Gasteiger partial charge in [-0.2, -0.15) is 4.98 Å². The number of carbonyl (C=O) groups excluding carboxylic acids is 1. The Labute approximate surface area is 178 Å². The van der Waals surface area contributed by atoms with E-state index in [1.807, 2.05) is 48.5 Å². The summed E-state index contributed by atoms with van der Waals surface area (Å²) < 4.78 is 10.5. The molecule has 0 spiro atoms. The number of nitrogens with zero attached hydrogens (tertiary/aromatic N) is 2. The summed E-state index contributed by atoms with van der Waals surface area (Å²) in [6.07, 6.45) is 0.272. The summed E-state index contributed by atoms with van der Waals surface area (Å²) in [5.74, 6) is 1.55. The summed E-state index contributed by atoms with van der Waals surface area (Å²) in [6, 6.07) is 21.9. The molecule has 0 radical (unpaired) electrons. The molecule has 0 aliphatic rings. The van der Waals surface area contributed by atoms with E-state index in [9.17, 15) is 4.79 Å². The number of hydrogen-bond acceptors (Lipinski definition) is 5. The van der Waals surface area contributed by atoms with Crippen molar-refractivity contribution in [1.29, 1.82) is 0 Å². The van der Waals surface area contributed by atoms with Crippen molar-refractivity contribution in [3.63, 3.8) is 0 Å². The van der Waals surface area contributed by atoms with Crippen molar-refractivity contribution in [2.24, 2.45) is 0 Å². The van der Waals surface area contributed by atoms with E-state index in [1.54, 1.807) is 31.4 Å². The molecule has 1 N–H and O–H groups in total. The van der Waals surface area contributed by atoms with Crippen LogP contribution in [0.25, 0.3) is 22.8 Å². The molecule has 1 amide bonds. The molecule has 4 rings (SSSR count). The van der Waals surface area contributed by atoms with Crippen molar-refractivity contribution < 1.29 is 14.1 Å². The largest absolute Gasteiger partial charge is 0.497 e. The number of ether oxygens (including phenoxy) is 1. The highest BCUT2D eigenvalue weighted by molar-refractivity contribution is 6.30. The van der Waals surface area contributed by atoms with Crippen molar-refractivity contribution in [3.8, 4) is 28.6 Å². The van der Waals surface area contributed by atoms with E-state index in [0.29, 0.717) is 22.4 Å². The number of carbonyl (C=O) groups is 1. The summed E-state index contributed by atoms with van der Waals surface area (Å²) in [5.41, 5.74) is 3.17. The first kappa shape index (κ1) is 19.7. The van der Waals surface area contributed by atoms with Crippen LogP contribution in [0.3, 0.4) is 0 Å². The molecule has 1 heterocycles. The van der Waals surface area contributed by atoms with E-state index in [0.717, 1.165) is 22.4 Å². The Morgan fingerprint density at radius 2 is 1.63 bits per heavy atom. The molecule has 0 saturated heterocycles. The van der Waals surface area contributed by atoms with Crippen LogP contribution in [0.5, 0.6) is 5.75 Å². The maximum absolute atomic E-state index is 12.2. The lowest BCUT2D eigenvalue weighted by Gasteiger charge is -2.06. The SMILES string of the molecule is COc1ccc(-c2noc(-c3ccc(NC(=O)Cc4ccc(Cl)cc4)cc3)n2)cc1. The second kappa shape index (κ2) is 8.80. The number of hydrogen-bond donors (Lipinski definition) is 1. The molecule has 6 nitrogen and oxygen atoms in total. The van der Waals surface area contributed by atoms with Crippen LogP contribution < -0.4 is 10.1 Å². The topological polar surface area (TPSA) is 77.3 Å². The number of benzene rings is 3. The van der Waals surface area contributed by atoms with E-state index in [1.165, 1.54) is 0 Å². The average molecular weight is 420 g/mol. The number of nitrogens with one attached hydrogen (secondary N) is 1. The minimum Gasteiger partial charge on any atom is -0.497 e. The fraction of sp³-hybridized carbons (Fsp3) is 0.0870. The third-order valence-electron chi connectivity index (χ3n) is 4.47. The molecule has 0 bridgehead atoms. The maximum atomic E-state index is 12.2. The predicted molar refractivity (Wildman–Crippen MR) is 116 cm³/mol. The molecule has 150 valence electrons. The zero-order valence-electron chi connectivity index (χ0n) is 16.1. The van der Waals surface area contributed by atoms with Gasteiger partial charge in [0.2, 0.25) is 11.7 Å². The van der Waals surface area contributed by atoms with Crippen LogP contribution in [0.2, 0.25) is 5.02 Å². The van der Waals surface area contributed by atoms with Gasteiger partial charge in [0, 0.05) is 21.8 Å². The predicted octanol–water partition coefficient (Wildman–Crippen LogP) is 5.25. The van der Waals surface area contributed by atoms with Crippen molar-refractivity contribution in [3.05, 3.63) is 83.4 Å². The molecule has 0 aliphatic carbocycles. The van der Waals surface area contributed by atoms with Crippen LogP contribution in [0.15, 0.2) is 77.3 Å². The van der Waals surface area contributed by atoms with E-state index in [2.05, 4.69) is 15.5 Å². The Morgan fingerprint density at radius 3 is 2.30 bits per heavy atom. The fourth-order valence-corrected chi connectivity index (χ4v) is 3.01. The van der Waals surface area contributed by atoms with Crippen molar-refractivity contribution >= 4 is 23.2 Å². The minimum absolute atomic E-state index is 0.107.